The molecule has 2 heterocycles. The molecule has 1 fully saturated rings. The molecule has 3 rings (SSSR count). The van der Waals surface area contributed by atoms with Gasteiger partial charge in [-0.15, -0.1) is 10.2 Å². The highest BCUT2D eigenvalue weighted by atomic mass is 16.5. The van der Waals surface area contributed by atoms with Crippen LogP contribution < -0.4 is 4.90 Å². The van der Waals surface area contributed by atoms with Crippen molar-refractivity contribution in [2.75, 3.05) is 24.6 Å². The third-order valence-electron chi connectivity index (χ3n) is 4.46. The number of ether oxygens (including phenoxy) is 1. The van der Waals surface area contributed by atoms with Gasteiger partial charge in [0.1, 0.15) is 11.9 Å². The zero-order valence-corrected chi connectivity index (χ0v) is 14.8. The maximum atomic E-state index is 11.9. The maximum absolute atomic E-state index is 11.9. The standard InChI is InChI=1S/C19H23N3O3/c1-4-15(23)17-11-22(7-8-25-17)18-6-5-14(20-21-18)19-13(3)9-12(2)10-16(19)24/h5-6,9-10,17,24H,4,7-8,11H2,1-3H3/t17-/m1/s1. The molecular formula is C19H23N3O3. The van der Waals surface area contributed by atoms with Crippen LogP contribution in [0, 0.1) is 13.8 Å². The summed E-state index contributed by atoms with van der Waals surface area (Å²) in [6, 6.07) is 7.46. The third kappa shape index (κ3) is 3.64. The van der Waals surface area contributed by atoms with Crippen LogP contribution in [0.25, 0.3) is 11.3 Å². The third-order valence-corrected chi connectivity index (χ3v) is 4.46. The number of phenols is 1. The number of morpholine rings is 1. The van der Waals surface area contributed by atoms with Gasteiger partial charge in [-0.05, 0) is 43.2 Å². The van der Waals surface area contributed by atoms with Gasteiger partial charge in [0.25, 0.3) is 0 Å². The fraction of sp³-hybridized carbons (Fsp3) is 0.421. The van der Waals surface area contributed by atoms with Crippen LogP contribution in [-0.4, -0.2) is 46.9 Å². The normalized spacial score (nSPS) is 17.6. The molecule has 1 N–H and O–H groups in total. The second-order valence-corrected chi connectivity index (χ2v) is 6.38. The molecule has 1 aliphatic rings. The smallest absolute Gasteiger partial charge is 0.163 e. The van der Waals surface area contributed by atoms with Crippen molar-refractivity contribution in [2.24, 2.45) is 0 Å². The summed E-state index contributed by atoms with van der Waals surface area (Å²) in [5, 5.41) is 18.8. The molecule has 0 bridgehead atoms. The number of aromatic hydroxyl groups is 1. The van der Waals surface area contributed by atoms with Gasteiger partial charge in [0.05, 0.1) is 18.8 Å². The van der Waals surface area contributed by atoms with Gasteiger partial charge in [-0.1, -0.05) is 13.0 Å². The molecule has 0 aliphatic carbocycles. The topological polar surface area (TPSA) is 75.6 Å². The van der Waals surface area contributed by atoms with Crippen LogP contribution in [0.5, 0.6) is 5.75 Å². The Morgan fingerprint density at radius 2 is 2.12 bits per heavy atom. The van der Waals surface area contributed by atoms with Crippen molar-refractivity contribution in [3.05, 3.63) is 35.4 Å². The molecule has 1 aliphatic heterocycles. The Bertz CT molecular complexity index is 751. The number of carbonyl (C=O) groups is 1. The average Bonchev–Trinajstić information content (AvgIpc) is 2.61. The molecule has 1 atom stereocenters. The summed E-state index contributed by atoms with van der Waals surface area (Å²) in [7, 11) is 0. The molecule has 1 aromatic carbocycles. The average molecular weight is 341 g/mol. The van der Waals surface area contributed by atoms with E-state index in [0.29, 0.717) is 43.2 Å². The number of Topliss-reactive ketones (excluding diaryl/α,β-unsaturated/α-hetero) is 1. The van der Waals surface area contributed by atoms with Crippen LogP contribution in [-0.2, 0) is 9.53 Å². The van der Waals surface area contributed by atoms with Gasteiger partial charge in [-0.25, -0.2) is 0 Å². The summed E-state index contributed by atoms with van der Waals surface area (Å²) in [6.07, 6.45) is 0.0679. The molecule has 6 nitrogen and oxygen atoms in total. The van der Waals surface area contributed by atoms with E-state index in [2.05, 4.69) is 10.2 Å². The molecule has 1 saturated heterocycles. The summed E-state index contributed by atoms with van der Waals surface area (Å²) >= 11 is 0. The fourth-order valence-electron chi connectivity index (χ4n) is 3.19. The van der Waals surface area contributed by atoms with Crippen LogP contribution in [0.3, 0.4) is 0 Å². The van der Waals surface area contributed by atoms with Crippen molar-refractivity contribution in [1.29, 1.82) is 0 Å². The molecule has 132 valence electrons. The largest absolute Gasteiger partial charge is 0.507 e. The number of phenolic OH excluding ortho intramolecular Hbond substituents is 1. The lowest BCUT2D eigenvalue weighted by atomic mass is 10.0. The summed E-state index contributed by atoms with van der Waals surface area (Å²) in [5.41, 5.74) is 3.29. The summed E-state index contributed by atoms with van der Waals surface area (Å²) < 4.78 is 5.55. The lowest BCUT2D eigenvalue weighted by Crippen LogP contribution is -2.46. The van der Waals surface area contributed by atoms with E-state index < -0.39 is 6.10 Å². The highest BCUT2D eigenvalue weighted by Crippen LogP contribution is 2.32. The number of nitrogens with zero attached hydrogens (tertiary/aromatic N) is 3. The summed E-state index contributed by atoms with van der Waals surface area (Å²) in [4.78, 5) is 13.9. The first-order valence-corrected chi connectivity index (χ1v) is 8.53. The van der Waals surface area contributed by atoms with E-state index in [4.69, 9.17) is 4.74 Å². The van der Waals surface area contributed by atoms with Crippen LogP contribution >= 0.6 is 0 Å². The fourth-order valence-corrected chi connectivity index (χ4v) is 3.19. The van der Waals surface area contributed by atoms with Gasteiger partial charge < -0.3 is 14.7 Å². The highest BCUT2D eigenvalue weighted by molar-refractivity contribution is 5.83. The molecule has 0 unspecified atom stereocenters. The number of ketones is 1. The second-order valence-electron chi connectivity index (χ2n) is 6.38. The molecule has 1 aromatic heterocycles. The quantitative estimate of drug-likeness (QED) is 0.921. The molecule has 0 spiro atoms. The lowest BCUT2D eigenvalue weighted by Gasteiger charge is -2.32. The molecule has 0 amide bonds. The number of hydrogen-bond donors (Lipinski definition) is 1. The van der Waals surface area contributed by atoms with Crippen LogP contribution in [0.1, 0.15) is 24.5 Å². The molecular weight excluding hydrogens is 318 g/mol. The minimum Gasteiger partial charge on any atom is -0.507 e. The van der Waals surface area contributed by atoms with Gasteiger partial charge in [0.2, 0.25) is 0 Å². The van der Waals surface area contributed by atoms with E-state index in [9.17, 15) is 9.90 Å². The van der Waals surface area contributed by atoms with Crippen LogP contribution in [0.4, 0.5) is 5.82 Å². The molecule has 6 heteroatoms. The molecule has 0 radical (unpaired) electrons. The van der Waals surface area contributed by atoms with Gasteiger partial charge >= 0.3 is 0 Å². The van der Waals surface area contributed by atoms with Crippen molar-refractivity contribution in [2.45, 2.75) is 33.3 Å². The Morgan fingerprint density at radius 1 is 1.32 bits per heavy atom. The van der Waals surface area contributed by atoms with Gasteiger partial charge in [0, 0.05) is 18.5 Å². The molecule has 25 heavy (non-hydrogen) atoms. The van der Waals surface area contributed by atoms with Crippen molar-refractivity contribution < 1.29 is 14.6 Å². The first-order chi connectivity index (χ1) is 12.0. The van der Waals surface area contributed by atoms with Crippen molar-refractivity contribution >= 4 is 11.6 Å². The maximum Gasteiger partial charge on any atom is 0.163 e. The number of rotatable bonds is 4. The van der Waals surface area contributed by atoms with E-state index in [0.717, 1.165) is 11.1 Å². The van der Waals surface area contributed by atoms with E-state index in [-0.39, 0.29) is 11.5 Å². The molecule has 0 saturated carbocycles. The number of aryl methyl sites for hydroxylation is 2. The Kier molecular flexibility index (Phi) is 4.99. The van der Waals surface area contributed by atoms with Crippen molar-refractivity contribution in [1.82, 2.24) is 10.2 Å². The predicted molar refractivity (Wildman–Crippen MR) is 95.9 cm³/mol. The second kappa shape index (κ2) is 7.19. The lowest BCUT2D eigenvalue weighted by molar-refractivity contribution is -0.130. The van der Waals surface area contributed by atoms with Crippen LogP contribution in [0.2, 0.25) is 0 Å². The van der Waals surface area contributed by atoms with Gasteiger partial charge in [-0.2, -0.15) is 0 Å². The Labute approximate surface area is 147 Å². The van der Waals surface area contributed by atoms with Crippen molar-refractivity contribution in [3.8, 4) is 17.0 Å². The Hall–Kier alpha value is -2.47. The number of anilines is 1. The van der Waals surface area contributed by atoms with E-state index in [1.54, 1.807) is 6.07 Å². The van der Waals surface area contributed by atoms with E-state index in [1.807, 2.05) is 43.9 Å². The SMILES string of the molecule is CCC(=O)[C@H]1CN(c2ccc(-c3c(C)cc(C)cc3O)nn2)CCO1. The number of hydrogen-bond acceptors (Lipinski definition) is 6. The minimum absolute atomic E-state index is 0.106. The number of carbonyl (C=O) groups excluding carboxylic acids is 1. The number of aromatic nitrogens is 2. The number of benzene rings is 1. The monoisotopic (exact) mass is 341 g/mol. The summed E-state index contributed by atoms with van der Waals surface area (Å²) in [6.45, 7) is 7.40. The predicted octanol–water partition coefficient (Wildman–Crippen LogP) is 2.65. The van der Waals surface area contributed by atoms with Gasteiger partial charge in [0.15, 0.2) is 11.6 Å². The minimum atomic E-state index is -0.399. The van der Waals surface area contributed by atoms with Crippen molar-refractivity contribution in [3.63, 3.8) is 0 Å². The summed E-state index contributed by atoms with van der Waals surface area (Å²) in [5.74, 6) is 1.03. The van der Waals surface area contributed by atoms with E-state index >= 15 is 0 Å². The Morgan fingerprint density at radius 3 is 2.76 bits per heavy atom. The first-order valence-electron chi connectivity index (χ1n) is 8.53. The zero-order valence-electron chi connectivity index (χ0n) is 14.8. The highest BCUT2D eigenvalue weighted by Gasteiger charge is 2.26. The Balaban J connectivity index is 1.82. The zero-order chi connectivity index (χ0) is 18.0. The molecule has 2 aromatic rings. The first kappa shape index (κ1) is 17.4. The van der Waals surface area contributed by atoms with E-state index in [1.165, 1.54) is 0 Å². The van der Waals surface area contributed by atoms with Crippen LogP contribution in [0.15, 0.2) is 24.3 Å². The van der Waals surface area contributed by atoms with Gasteiger partial charge in [-0.3, -0.25) is 4.79 Å².